The number of likely N-dealkylation sites (N-methyl/N-ethyl adjacent to an activating group) is 1. The lowest BCUT2D eigenvalue weighted by molar-refractivity contribution is -0.127. The molecule has 0 bridgehead atoms. The van der Waals surface area contributed by atoms with Crippen LogP contribution in [0.25, 0.3) is 0 Å². The van der Waals surface area contributed by atoms with Crippen molar-refractivity contribution in [1.29, 1.82) is 0 Å². The molecule has 0 saturated carbocycles. The van der Waals surface area contributed by atoms with Gasteiger partial charge in [0, 0.05) is 34.3 Å². The maximum atomic E-state index is 12.0. The Balaban J connectivity index is 4.16. The smallest absolute Gasteiger partial charge is 0.243 e. The highest BCUT2D eigenvalue weighted by Crippen LogP contribution is 1.83. The van der Waals surface area contributed by atoms with Crippen LogP contribution in [0.1, 0.15) is 6.42 Å². The number of amides is 1. The lowest BCUT2D eigenvalue weighted by Crippen LogP contribution is -2.40. The van der Waals surface area contributed by atoms with Crippen LogP contribution in [0.15, 0.2) is 4.99 Å². The number of hydrogen-bond donors (Lipinski definition) is 2. The van der Waals surface area contributed by atoms with Crippen LogP contribution in [-0.2, 0) is 9.53 Å². The van der Waals surface area contributed by atoms with Gasteiger partial charge in [0.15, 0.2) is 5.96 Å². The van der Waals surface area contributed by atoms with Gasteiger partial charge in [-0.3, -0.25) is 9.18 Å². The molecule has 18 heavy (non-hydrogen) atoms. The number of rotatable bonds is 8. The van der Waals surface area contributed by atoms with E-state index < -0.39 is 0 Å². The van der Waals surface area contributed by atoms with Crippen molar-refractivity contribution in [1.82, 2.24) is 15.5 Å². The molecule has 0 aromatic rings. The third kappa shape index (κ3) is 8.74. The van der Waals surface area contributed by atoms with Gasteiger partial charge in [-0.05, 0) is 6.42 Å². The Kier molecular flexibility index (Phi) is 9.94. The van der Waals surface area contributed by atoms with Crippen LogP contribution in [0.2, 0.25) is 0 Å². The molecule has 0 heterocycles. The van der Waals surface area contributed by atoms with Gasteiger partial charge in [0.1, 0.15) is 6.54 Å². The van der Waals surface area contributed by atoms with Crippen LogP contribution in [0.5, 0.6) is 0 Å². The molecule has 0 unspecified atom stereocenters. The number of hydrogen-bond acceptors (Lipinski definition) is 3. The molecule has 0 spiro atoms. The molecule has 1 amide bonds. The van der Waals surface area contributed by atoms with Crippen molar-refractivity contribution in [3.8, 4) is 0 Å². The number of guanidine groups is 1. The van der Waals surface area contributed by atoms with Gasteiger partial charge in [-0.1, -0.05) is 0 Å². The topological polar surface area (TPSA) is 66.0 Å². The van der Waals surface area contributed by atoms with Crippen molar-refractivity contribution in [3.63, 3.8) is 0 Å². The SMILES string of the molecule is COCCNC(=NCC(=O)N(C)C)NCCCF. The molecule has 106 valence electrons. The van der Waals surface area contributed by atoms with Crippen LogP contribution < -0.4 is 10.6 Å². The fourth-order valence-electron chi connectivity index (χ4n) is 1.01. The first-order chi connectivity index (χ1) is 8.61. The number of aliphatic imine (C=N–C) groups is 1. The quantitative estimate of drug-likeness (QED) is 0.355. The number of nitrogens with one attached hydrogen (secondary N) is 2. The molecule has 0 radical (unpaired) electrons. The summed E-state index contributed by atoms with van der Waals surface area (Å²) in [6.45, 7) is 1.27. The molecule has 2 N–H and O–H groups in total. The summed E-state index contributed by atoms with van der Waals surface area (Å²) in [7, 11) is 4.95. The van der Waals surface area contributed by atoms with Gasteiger partial charge < -0.3 is 20.3 Å². The van der Waals surface area contributed by atoms with Gasteiger partial charge in [0.05, 0.1) is 13.3 Å². The first-order valence-corrected chi connectivity index (χ1v) is 5.89. The van der Waals surface area contributed by atoms with Gasteiger partial charge in [-0.15, -0.1) is 0 Å². The van der Waals surface area contributed by atoms with Crippen LogP contribution in [0, 0.1) is 0 Å². The predicted octanol–water partition coefficient (Wildman–Crippen LogP) is -0.384. The average molecular weight is 262 g/mol. The highest BCUT2D eigenvalue weighted by Gasteiger charge is 2.03. The van der Waals surface area contributed by atoms with E-state index in [2.05, 4.69) is 15.6 Å². The Morgan fingerprint density at radius 2 is 2.00 bits per heavy atom. The van der Waals surface area contributed by atoms with E-state index in [9.17, 15) is 9.18 Å². The van der Waals surface area contributed by atoms with E-state index >= 15 is 0 Å². The second-order valence-electron chi connectivity index (χ2n) is 3.84. The Morgan fingerprint density at radius 1 is 1.33 bits per heavy atom. The Morgan fingerprint density at radius 3 is 2.56 bits per heavy atom. The van der Waals surface area contributed by atoms with Gasteiger partial charge in [0.2, 0.25) is 5.91 Å². The van der Waals surface area contributed by atoms with E-state index in [4.69, 9.17) is 4.74 Å². The van der Waals surface area contributed by atoms with Gasteiger partial charge in [0.25, 0.3) is 0 Å². The molecular weight excluding hydrogens is 239 g/mol. The second-order valence-corrected chi connectivity index (χ2v) is 3.84. The summed E-state index contributed by atoms with van der Waals surface area (Å²) >= 11 is 0. The van der Waals surface area contributed by atoms with Crippen LogP contribution >= 0.6 is 0 Å². The highest BCUT2D eigenvalue weighted by atomic mass is 19.1. The first kappa shape index (κ1) is 16.6. The fourth-order valence-corrected chi connectivity index (χ4v) is 1.01. The molecular formula is C11H23FN4O2. The Bertz CT molecular complexity index is 247. The van der Waals surface area contributed by atoms with Crippen molar-refractivity contribution in [2.45, 2.75) is 6.42 Å². The van der Waals surface area contributed by atoms with Gasteiger partial charge in [-0.25, -0.2) is 4.99 Å². The van der Waals surface area contributed by atoms with Crippen molar-refractivity contribution < 1.29 is 13.9 Å². The summed E-state index contributed by atoms with van der Waals surface area (Å²) in [5.74, 6) is 0.407. The largest absolute Gasteiger partial charge is 0.383 e. The summed E-state index contributed by atoms with van der Waals surface area (Å²) in [6.07, 6.45) is 0.409. The van der Waals surface area contributed by atoms with E-state index in [1.165, 1.54) is 4.90 Å². The van der Waals surface area contributed by atoms with Crippen LogP contribution in [0.4, 0.5) is 4.39 Å². The lowest BCUT2D eigenvalue weighted by atomic mass is 10.4. The number of carbonyl (C=O) groups is 1. The highest BCUT2D eigenvalue weighted by molar-refractivity contribution is 5.84. The Labute approximate surface area is 108 Å². The molecule has 7 heteroatoms. The minimum atomic E-state index is -0.380. The summed E-state index contributed by atoms with van der Waals surface area (Å²) in [6, 6.07) is 0. The summed E-state index contributed by atoms with van der Waals surface area (Å²) in [5, 5.41) is 5.94. The third-order valence-corrected chi connectivity index (χ3v) is 2.07. The number of halogens is 1. The second kappa shape index (κ2) is 10.8. The first-order valence-electron chi connectivity index (χ1n) is 5.89. The molecule has 0 fully saturated rings. The number of alkyl halides is 1. The maximum absolute atomic E-state index is 12.0. The number of ether oxygens (including phenoxy) is 1. The molecule has 0 saturated heterocycles. The molecule has 6 nitrogen and oxygen atoms in total. The zero-order valence-corrected chi connectivity index (χ0v) is 11.3. The monoisotopic (exact) mass is 262 g/mol. The molecule has 0 rings (SSSR count). The molecule has 0 atom stereocenters. The molecule has 0 aliphatic heterocycles. The van der Waals surface area contributed by atoms with E-state index in [0.29, 0.717) is 32.1 Å². The molecule has 0 aliphatic rings. The van der Waals surface area contributed by atoms with E-state index in [-0.39, 0.29) is 19.1 Å². The van der Waals surface area contributed by atoms with E-state index in [0.717, 1.165) is 0 Å². The maximum Gasteiger partial charge on any atom is 0.243 e. The van der Waals surface area contributed by atoms with Crippen molar-refractivity contribution in [2.75, 3.05) is 54.1 Å². The number of carbonyl (C=O) groups excluding carboxylic acids is 1. The summed E-state index contributed by atoms with van der Waals surface area (Å²) in [4.78, 5) is 17.0. The van der Waals surface area contributed by atoms with Gasteiger partial charge in [-0.2, -0.15) is 0 Å². The standard InChI is InChI=1S/C11H23FN4O2/c1-16(2)10(17)9-15-11(13-6-4-5-12)14-7-8-18-3/h4-9H2,1-3H3,(H2,13,14,15). The van der Waals surface area contributed by atoms with E-state index in [1.54, 1.807) is 21.2 Å². The normalized spacial score (nSPS) is 11.2. The number of methoxy groups -OCH3 is 1. The average Bonchev–Trinajstić information content (AvgIpc) is 2.35. The van der Waals surface area contributed by atoms with Crippen molar-refractivity contribution in [3.05, 3.63) is 0 Å². The van der Waals surface area contributed by atoms with Gasteiger partial charge >= 0.3 is 0 Å². The third-order valence-electron chi connectivity index (χ3n) is 2.07. The Hall–Kier alpha value is -1.37. The fraction of sp³-hybridized carbons (Fsp3) is 0.818. The molecule has 0 aliphatic carbocycles. The minimum absolute atomic E-state index is 0.0605. The predicted molar refractivity (Wildman–Crippen MR) is 69.5 cm³/mol. The van der Waals surface area contributed by atoms with E-state index in [1.807, 2.05) is 0 Å². The van der Waals surface area contributed by atoms with Crippen molar-refractivity contribution in [2.24, 2.45) is 4.99 Å². The van der Waals surface area contributed by atoms with Crippen LogP contribution in [-0.4, -0.2) is 70.9 Å². The molecule has 0 aromatic carbocycles. The minimum Gasteiger partial charge on any atom is -0.383 e. The number of nitrogens with zero attached hydrogens (tertiary/aromatic N) is 2. The van der Waals surface area contributed by atoms with Crippen LogP contribution in [0.3, 0.4) is 0 Å². The zero-order chi connectivity index (χ0) is 13.8. The summed E-state index contributed by atoms with van der Waals surface area (Å²) < 4.78 is 16.9. The van der Waals surface area contributed by atoms with Crippen molar-refractivity contribution >= 4 is 11.9 Å². The molecule has 0 aromatic heterocycles. The lowest BCUT2D eigenvalue weighted by Gasteiger charge is -2.13. The zero-order valence-electron chi connectivity index (χ0n) is 11.3. The summed E-state index contributed by atoms with van der Waals surface area (Å²) in [5.41, 5.74) is 0.